The summed E-state index contributed by atoms with van der Waals surface area (Å²) in [4.78, 5) is 36.3. The third kappa shape index (κ3) is 4.71. The highest BCUT2D eigenvalue weighted by Crippen LogP contribution is 2.36. The number of carbonyl (C=O) groups is 2. The number of nitrogens with one attached hydrogen (secondary N) is 1. The molecule has 3 N–H and O–H groups in total. The van der Waals surface area contributed by atoms with E-state index in [0.29, 0.717) is 49.0 Å². The number of nitrogens with two attached hydrogens (primary N) is 1. The fraction of sp³-hybridized carbons (Fsp3) is 0.462. The minimum atomic E-state index is -0.512. The van der Waals surface area contributed by atoms with Crippen LogP contribution in [0.3, 0.4) is 0 Å². The number of likely N-dealkylation sites (N-methyl/N-ethyl adjacent to an activating group) is 1. The van der Waals surface area contributed by atoms with Crippen LogP contribution in [0, 0.1) is 5.82 Å². The van der Waals surface area contributed by atoms with E-state index in [4.69, 9.17) is 27.2 Å². The maximum Gasteiger partial charge on any atom is 0.258 e. The van der Waals surface area contributed by atoms with Crippen molar-refractivity contribution < 1.29 is 18.7 Å². The average Bonchev–Trinajstić information content (AvgIpc) is 3.32. The van der Waals surface area contributed by atoms with Crippen molar-refractivity contribution in [2.45, 2.75) is 31.3 Å². The van der Waals surface area contributed by atoms with E-state index in [0.717, 1.165) is 12.8 Å². The van der Waals surface area contributed by atoms with Crippen molar-refractivity contribution in [1.29, 1.82) is 0 Å². The number of ether oxygens (including phenoxy) is 1. The summed E-state index contributed by atoms with van der Waals surface area (Å²) in [5.41, 5.74) is 7.35. The fourth-order valence-electron chi connectivity index (χ4n) is 5.46. The fourth-order valence-corrected chi connectivity index (χ4v) is 5.63. The number of rotatable bonds is 1. The number of anilines is 2. The standard InChI is InChI=1S/C26H30ClFN8O3/c1-33-9-7-30-22(37)14-39-20-6-5-15(27)10-17(20)26(38)35-8-3-2-4-19(35)18-11-21-31-24(34-12-16(29)13-34)23(28)25(33)36(21)32-18/h5-6,10-11,16,19H,2-4,7-9,12-14,29H2,1H3,(H,30,37). The van der Waals surface area contributed by atoms with Crippen molar-refractivity contribution >= 4 is 40.7 Å². The van der Waals surface area contributed by atoms with Crippen molar-refractivity contribution in [3.05, 3.63) is 46.4 Å². The number of amides is 2. The number of carbonyl (C=O) groups excluding carboxylic acids is 2. The molecule has 11 nitrogen and oxygen atoms in total. The van der Waals surface area contributed by atoms with E-state index in [1.54, 1.807) is 35.0 Å². The Labute approximate surface area is 229 Å². The first kappa shape index (κ1) is 25.6. The molecule has 2 aromatic heterocycles. The molecule has 0 radical (unpaired) electrons. The van der Waals surface area contributed by atoms with Crippen LogP contribution in [-0.4, -0.2) is 83.7 Å². The van der Waals surface area contributed by atoms with Gasteiger partial charge in [0.25, 0.3) is 11.8 Å². The first-order valence-electron chi connectivity index (χ1n) is 13.1. The summed E-state index contributed by atoms with van der Waals surface area (Å²) in [6, 6.07) is 6.23. The van der Waals surface area contributed by atoms with Crippen molar-refractivity contribution in [3.8, 4) is 5.75 Å². The van der Waals surface area contributed by atoms with Crippen LogP contribution in [-0.2, 0) is 4.79 Å². The summed E-state index contributed by atoms with van der Waals surface area (Å²) >= 11 is 6.26. The first-order valence-corrected chi connectivity index (χ1v) is 13.5. The normalized spacial score (nSPS) is 20.9. The summed E-state index contributed by atoms with van der Waals surface area (Å²) in [7, 11) is 1.74. The van der Waals surface area contributed by atoms with E-state index in [1.807, 2.05) is 11.0 Å². The molecule has 1 aromatic carbocycles. The molecule has 3 aromatic rings. The Balaban J connectivity index is 1.49. The van der Waals surface area contributed by atoms with Gasteiger partial charge in [-0.1, -0.05) is 11.6 Å². The molecule has 3 aliphatic rings. The van der Waals surface area contributed by atoms with Crippen molar-refractivity contribution in [2.24, 2.45) is 5.73 Å². The monoisotopic (exact) mass is 556 g/mol. The number of hydrogen-bond acceptors (Lipinski definition) is 8. The van der Waals surface area contributed by atoms with Gasteiger partial charge in [0.1, 0.15) is 5.75 Å². The van der Waals surface area contributed by atoms with Crippen LogP contribution in [0.25, 0.3) is 5.65 Å². The van der Waals surface area contributed by atoms with E-state index in [9.17, 15) is 9.59 Å². The Hall–Kier alpha value is -3.64. The number of benzene rings is 1. The number of hydrogen-bond donors (Lipinski definition) is 2. The lowest BCUT2D eigenvalue weighted by Gasteiger charge is -2.38. The molecule has 2 amide bonds. The molecule has 3 aliphatic heterocycles. The Morgan fingerprint density at radius 2 is 2.00 bits per heavy atom. The van der Waals surface area contributed by atoms with Crippen LogP contribution >= 0.6 is 11.6 Å². The van der Waals surface area contributed by atoms with E-state index < -0.39 is 5.82 Å². The van der Waals surface area contributed by atoms with E-state index >= 15 is 4.39 Å². The van der Waals surface area contributed by atoms with Gasteiger partial charge in [0.05, 0.1) is 17.3 Å². The summed E-state index contributed by atoms with van der Waals surface area (Å²) in [5, 5.41) is 7.97. The lowest BCUT2D eigenvalue weighted by molar-refractivity contribution is -0.123. The van der Waals surface area contributed by atoms with Gasteiger partial charge in [0.2, 0.25) is 5.82 Å². The molecule has 0 spiro atoms. The third-order valence-corrected chi connectivity index (χ3v) is 7.73. The molecule has 1 atom stereocenters. The largest absolute Gasteiger partial charge is 0.483 e. The topological polar surface area (TPSA) is 121 Å². The van der Waals surface area contributed by atoms with Crippen molar-refractivity contribution in [3.63, 3.8) is 0 Å². The van der Waals surface area contributed by atoms with Crippen LogP contribution < -0.4 is 25.6 Å². The van der Waals surface area contributed by atoms with Crippen LogP contribution in [0.5, 0.6) is 5.75 Å². The molecule has 5 heterocycles. The maximum atomic E-state index is 16.0. The molecule has 6 rings (SSSR count). The number of nitrogens with zero attached hydrogens (tertiary/aromatic N) is 6. The van der Waals surface area contributed by atoms with Gasteiger partial charge in [-0.15, -0.1) is 0 Å². The van der Waals surface area contributed by atoms with Gasteiger partial charge in [-0.05, 0) is 37.5 Å². The highest BCUT2D eigenvalue weighted by molar-refractivity contribution is 6.31. The zero-order valence-corrected chi connectivity index (χ0v) is 22.3. The van der Waals surface area contributed by atoms with Gasteiger partial charge in [0.15, 0.2) is 23.9 Å². The smallest absolute Gasteiger partial charge is 0.258 e. The second-order valence-corrected chi connectivity index (χ2v) is 10.7. The second kappa shape index (κ2) is 10.2. The van der Waals surface area contributed by atoms with Crippen LogP contribution in [0.2, 0.25) is 5.02 Å². The molecule has 2 saturated heterocycles. The number of aromatic nitrogens is 3. The molecule has 2 bridgehead atoms. The molecule has 1 unspecified atom stereocenters. The molecule has 0 saturated carbocycles. The highest BCUT2D eigenvalue weighted by atomic mass is 35.5. The Morgan fingerprint density at radius 1 is 1.18 bits per heavy atom. The van der Waals surface area contributed by atoms with Gasteiger partial charge in [-0.3, -0.25) is 9.59 Å². The van der Waals surface area contributed by atoms with Gasteiger partial charge < -0.3 is 30.5 Å². The van der Waals surface area contributed by atoms with Gasteiger partial charge >= 0.3 is 0 Å². The Morgan fingerprint density at radius 3 is 2.79 bits per heavy atom. The Bertz CT molecular complexity index is 1440. The molecule has 13 heteroatoms. The first-order chi connectivity index (χ1) is 18.8. The number of fused-ring (bicyclic) bond motifs is 4. The highest BCUT2D eigenvalue weighted by Gasteiger charge is 2.35. The minimum Gasteiger partial charge on any atom is -0.483 e. The van der Waals surface area contributed by atoms with E-state index in [-0.39, 0.29) is 60.0 Å². The van der Waals surface area contributed by atoms with Crippen molar-refractivity contribution in [1.82, 2.24) is 24.8 Å². The van der Waals surface area contributed by atoms with E-state index in [1.165, 1.54) is 4.52 Å². The van der Waals surface area contributed by atoms with Gasteiger partial charge in [-0.2, -0.15) is 14.0 Å². The zero-order valence-electron chi connectivity index (χ0n) is 21.6. The van der Waals surface area contributed by atoms with Crippen molar-refractivity contribution in [2.75, 3.05) is 56.2 Å². The van der Waals surface area contributed by atoms with Crippen LogP contribution in [0.15, 0.2) is 24.3 Å². The predicted molar refractivity (Wildman–Crippen MR) is 144 cm³/mol. The van der Waals surface area contributed by atoms with Crippen LogP contribution in [0.4, 0.5) is 16.0 Å². The quantitative estimate of drug-likeness (QED) is 0.467. The van der Waals surface area contributed by atoms with Gasteiger partial charge in [-0.25, -0.2) is 4.98 Å². The SMILES string of the molecule is CN1CCNC(=O)COc2ccc(Cl)cc2C(=O)N2CCCCC2c2cc3nc(N4CC(N)C4)c(F)c1n3n2. The number of piperidine rings is 1. The summed E-state index contributed by atoms with van der Waals surface area (Å²) < 4.78 is 23.3. The lowest BCUT2D eigenvalue weighted by Crippen LogP contribution is -2.56. The van der Waals surface area contributed by atoms with Crippen LogP contribution in [0.1, 0.15) is 41.4 Å². The van der Waals surface area contributed by atoms with Gasteiger partial charge in [0, 0.05) is 56.9 Å². The molecule has 2 fully saturated rings. The lowest BCUT2D eigenvalue weighted by atomic mass is 9.98. The summed E-state index contributed by atoms with van der Waals surface area (Å²) in [5.74, 6) is -0.419. The molecule has 0 aliphatic carbocycles. The third-order valence-electron chi connectivity index (χ3n) is 7.50. The molecular formula is C26H30ClFN8O3. The molecular weight excluding hydrogens is 527 g/mol. The van der Waals surface area contributed by atoms with E-state index in [2.05, 4.69) is 10.3 Å². The Kier molecular flexibility index (Phi) is 6.67. The summed E-state index contributed by atoms with van der Waals surface area (Å²) in [6.07, 6.45) is 2.43. The predicted octanol–water partition coefficient (Wildman–Crippen LogP) is 1.98. The summed E-state index contributed by atoms with van der Waals surface area (Å²) in [6.45, 7) is 1.80. The zero-order chi connectivity index (χ0) is 27.3. The average molecular weight is 557 g/mol. The molecule has 206 valence electrons. The number of halogens is 2. The second-order valence-electron chi connectivity index (χ2n) is 10.3. The maximum absolute atomic E-state index is 16.0. The minimum absolute atomic E-state index is 0.0332. The molecule has 39 heavy (non-hydrogen) atoms.